The van der Waals surface area contributed by atoms with Crippen LogP contribution in [-0.2, 0) is 6.42 Å². The van der Waals surface area contributed by atoms with Crippen LogP contribution in [0.5, 0.6) is 0 Å². The zero-order valence-corrected chi connectivity index (χ0v) is 20.8. The molecule has 0 aliphatic carbocycles. The lowest BCUT2D eigenvalue weighted by Crippen LogP contribution is -2.34. The minimum Gasteiger partial charge on any atom is -0.346 e. The molecular formula is C30H32N4O. The second kappa shape index (κ2) is 8.65. The second-order valence-corrected chi connectivity index (χ2v) is 10.3. The van der Waals surface area contributed by atoms with Crippen molar-refractivity contribution in [2.75, 3.05) is 33.7 Å². The van der Waals surface area contributed by atoms with E-state index in [1.807, 2.05) is 25.5 Å². The molecule has 2 aromatic heterocycles. The Hall–Kier alpha value is -3.44. The molecule has 5 heteroatoms. The van der Waals surface area contributed by atoms with Crippen LogP contribution in [0.2, 0.25) is 0 Å². The van der Waals surface area contributed by atoms with Crippen LogP contribution >= 0.6 is 0 Å². The molecule has 1 N–H and O–H groups in total. The van der Waals surface area contributed by atoms with Crippen molar-refractivity contribution in [3.05, 3.63) is 77.1 Å². The molecule has 0 radical (unpaired) electrons. The number of likely N-dealkylation sites (tertiary alicyclic amines) is 1. The lowest BCUT2D eigenvalue weighted by Gasteiger charge is -2.30. The van der Waals surface area contributed by atoms with E-state index in [1.165, 1.54) is 42.6 Å². The number of H-pyrrole nitrogens is 1. The van der Waals surface area contributed by atoms with E-state index in [-0.39, 0.29) is 5.91 Å². The van der Waals surface area contributed by atoms with E-state index in [9.17, 15) is 4.79 Å². The van der Waals surface area contributed by atoms with Crippen molar-refractivity contribution in [2.24, 2.45) is 0 Å². The number of piperidine rings is 1. The van der Waals surface area contributed by atoms with Crippen molar-refractivity contribution >= 4 is 16.9 Å². The largest absolute Gasteiger partial charge is 0.346 e. The van der Waals surface area contributed by atoms with Crippen LogP contribution in [0.15, 0.2) is 54.9 Å². The summed E-state index contributed by atoms with van der Waals surface area (Å²) < 4.78 is 0. The third-order valence-corrected chi connectivity index (χ3v) is 8.00. The molecule has 1 saturated heterocycles. The molecule has 6 rings (SSSR count). The van der Waals surface area contributed by atoms with Crippen molar-refractivity contribution < 1.29 is 4.79 Å². The van der Waals surface area contributed by atoms with Gasteiger partial charge in [-0.15, -0.1) is 0 Å². The average molecular weight is 465 g/mol. The molecule has 5 nitrogen and oxygen atoms in total. The summed E-state index contributed by atoms with van der Waals surface area (Å²) in [5.74, 6) is 0.771. The molecule has 2 aromatic carbocycles. The Labute approximate surface area is 206 Å². The molecule has 0 unspecified atom stereocenters. The summed E-state index contributed by atoms with van der Waals surface area (Å²) in [5, 5.41) is 1.11. The molecule has 35 heavy (non-hydrogen) atoms. The molecule has 0 atom stereocenters. The van der Waals surface area contributed by atoms with Crippen molar-refractivity contribution in [3.63, 3.8) is 0 Å². The summed E-state index contributed by atoms with van der Waals surface area (Å²) in [5.41, 5.74) is 10.3. The average Bonchev–Trinajstić information content (AvgIpc) is 3.30. The standard InChI is InChI=1S/C30H32N4O/c1-19-14-21(4-6-25(19)20-8-11-33(2)12-9-20)24-16-27-28(18-32-29(27)31-17-24)22-5-7-26-23(15-22)10-13-34(3)30(26)35/h4-7,14-18,20H,8-13H2,1-3H3,(H,31,32). The molecule has 0 spiro atoms. The summed E-state index contributed by atoms with van der Waals surface area (Å²) in [6, 6.07) is 15.4. The van der Waals surface area contributed by atoms with E-state index in [0.29, 0.717) is 5.92 Å². The smallest absolute Gasteiger partial charge is 0.253 e. The van der Waals surface area contributed by atoms with Crippen LogP contribution in [0.1, 0.15) is 45.8 Å². The number of aromatic nitrogens is 2. The summed E-state index contributed by atoms with van der Waals surface area (Å²) in [6.07, 6.45) is 7.36. The second-order valence-electron chi connectivity index (χ2n) is 10.3. The Kier molecular flexibility index (Phi) is 5.45. The number of likely N-dealkylation sites (N-methyl/N-ethyl adjacent to an activating group) is 1. The third kappa shape index (κ3) is 3.94. The van der Waals surface area contributed by atoms with Gasteiger partial charge in [-0.3, -0.25) is 4.79 Å². The van der Waals surface area contributed by atoms with Crippen LogP contribution in [0.4, 0.5) is 0 Å². The molecule has 1 fully saturated rings. The van der Waals surface area contributed by atoms with E-state index in [2.05, 4.69) is 60.3 Å². The maximum Gasteiger partial charge on any atom is 0.253 e. The molecule has 4 aromatic rings. The van der Waals surface area contributed by atoms with E-state index >= 15 is 0 Å². The highest BCUT2D eigenvalue weighted by atomic mass is 16.2. The predicted molar refractivity (Wildman–Crippen MR) is 142 cm³/mol. The van der Waals surface area contributed by atoms with Gasteiger partial charge in [0.25, 0.3) is 5.91 Å². The Balaban J connectivity index is 1.34. The number of fused-ring (bicyclic) bond motifs is 2. The number of hydrogen-bond donors (Lipinski definition) is 1. The van der Waals surface area contributed by atoms with Crippen LogP contribution in [-0.4, -0.2) is 59.4 Å². The maximum atomic E-state index is 12.5. The molecular weight excluding hydrogens is 432 g/mol. The summed E-state index contributed by atoms with van der Waals surface area (Å²) in [4.78, 5) is 24.8. The zero-order valence-electron chi connectivity index (χ0n) is 20.8. The number of nitrogens with zero attached hydrogens (tertiary/aromatic N) is 3. The van der Waals surface area contributed by atoms with Gasteiger partial charge in [-0.1, -0.05) is 30.3 Å². The first-order chi connectivity index (χ1) is 17.0. The fourth-order valence-corrected chi connectivity index (χ4v) is 5.81. The summed E-state index contributed by atoms with van der Waals surface area (Å²) in [6.45, 7) is 5.37. The Bertz CT molecular complexity index is 1430. The van der Waals surface area contributed by atoms with Crippen molar-refractivity contribution in [3.8, 4) is 22.3 Å². The lowest BCUT2D eigenvalue weighted by molar-refractivity contribution is 0.0781. The summed E-state index contributed by atoms with van der Waals surface area (Å²) >= 11 is 0. The monoisotopic (exact) mass is 464 g/mol. The Morgan fingerprint density at radius 2 is 1.71 bits per heavy atom. The van der Waals surface area contributed by atoms with E-state index in [4.69, 9.17) is 4.98 Å². The van der Waals surface area contributed by atoms with Crippen LogP contribution in [0.3, 0.4) is 0 Å². The number of nitrogens with one attached hydrogen (secondary N) is 1. The number of carbonyl (C=O) groups excluding carboxylic acids is 1. The highest BCUT2D eigenvalue weighted by Crippen LogP contribution is 2.35. The minimum atomic E-state index is 0.111. The Morgan fingerprint density at radius 3 is 2.51 bits per heavy atom. The fourth-order valence-electron chi connectivity index (χ4n) is 5.81. The number of aryl methyl sites for hydroxylation is 1. The number of benzene rings is 2. The van der Waals surface area contributed by atoms with Gasteiger partial charge in [0.05, 0.1) is 0 Å². The van der Waals surface area contributed by atoms with Gasteiger partial charge in [0.1, 0.15) is 5.65 Å². The quantitative estimate of drug-likeness (QED) is 0.427. The van der Waals surface area contributed by atoms with Gasteiger partial charge >= 0.3 is 0 Å². The van der Waals surface area contributed by atoms with Crippen LogP contribution in [0.25, 0.3) is 33.3 Å². The van der Waals surface area contributed by atoms with E-state index in [1.54, 1.807) is 4.90 Å². The highest BCUT2D eigenvalue weighted by molar-refractivity contribution is 5.99. The van der Waals surface area contributed by atoms with Gasteiger partial charge in [0.15, 0.2) is 0 Å². The van der Waals surface area contributed by atoms with Crippen LogP contribution < -0.4 is 0 Å². The number of carbonyl (C=O) groups is 1. The van der Waals surface area contributed by atoms with Crippen LogP contribution in [0, 0.1) is 6.92 Å². The first-order valence-electron chi connectivity index (χ1n) is 12.6. The van der Waals surface area contributed by atoms with Gasteiger partial charge in [-0.2, -0.15) is 0 Å². The van der Waals surface area contributed by atoms with Crippen molar-refractivity contribution in [1.29, 1.82) is 0 Å². The number of rotatable bonds is 3. The first kappa shape index (κ1) is 22.1. The highest BCUT2D eigenvalue weighted by Gasteiger charge is 2.23. The topological polar surface area (TPSA) is 52.2 Å². The molecule has 0 bridgehead atoms. The molecule has 2 aliphatic heterocycles. The molecule has 1 amide bonds. The van der Waals surface area contributed by atoms with Gasteiger partial charge in [-0.05, 0) is 92.2 Å². The fraction of sp³-hybridized carbons (Fsp3) is 0.333. The van der Waals surface area contributed by atoms with E-state index < -0.39 is 0 Å². The van der Waals surface area contributed by atoms with Crippen molar-refractivity contribution in [1.82, 2.24) is 19.8 Å². The van der Waals surface area contributed by atoms with E-state index in [0.717, 1.165) is 51.8 Å². The molecule has 178 valence electrons. The van der Waals surface area contributed by atoms with Crippen molar-refractivity contribution in [2.45, 2.75) is 32.1 Å². The molecule has 0 saturated carbocycles. The predicted octanol–water partition coefficient (Wildman–Crippen LogP) is 5.64. The minimum absolute atomic E-state index is 0.111. The van der Waals surface area contributed by atoms with Gasteiger partial charge in [0, 0.05) is 48.1 Å². The molecule has 4 heterocycles. The molecule has 2 aliphatic rings. The Morgan fingerprint density at radius 1 is 0.914 bits per heavy atom. The summed E-state index contributed by atoms with van der Waals surface area (Å²) in [7, 11) is 4.08. The first-order valence-corrected chi connectivity index (χ1v) is 12.6. The normalized spacial score (nSPS) is 17.2. The number of pyridine rings is 1. The van der Waals surface area contributed by atoms with Gasteiger partial charge in [-0.25, -0.2) is 4.98 Å². The van der Waals surface area contributed by atoms with Gasteiger partial charge in [0.2, 0.25) is 0 Å². The number of hydrogen-bond acceptors (Lipinski definition) is 3. The zero-order chi connectivity index (χ0) is 24.1. The van der Waals surface area contributed by atoms with Gasteiger partial charge < -0.3 is 14.8 Å². The maximum absolute atomic E-state index is 12.5. The number of amides is 1. The third-order valence-electron chi connectivity index (χ3n) is 8.00. The number of aromatic amines is 1. The SMILES string of the molecule is Cc1cc(-c2cnc3[nH]cc(-c4ccc5c(c4)CCN(C)C5=O)c3c2)ccc1C1CCN(C)CC1. The lowest BCUT2D eigenvalue weighted by atomic mass is 9.86.